The van der Waals surface area contributed by atoms with Gasteiger partial charge >= 0.3 is 0 Å². The highest BCUT2D eigenvalue weighted by Crippen LogP contribution is 2.38. The number of halogens is 1. The maximum absolute atomic E-state index is 6.29. The molecule has 1 aromatic heterocycles. The maximum atomic E-state index is 6.29. The zero-order chi connectivity index (χ0) is 13.0. The third-order valence-electron chi connectivity index (χ3n) is 4.44. The zero-order valence-electron chi connectivity index (χ0n) is 10.7. The Balaban J connectivity index is 2.03. The summed E-state index contributed by atoms with van der Waals surface area (Å²) in [4.78, 5) is 5.89. The summed E-state index contributed by atoms with van der Waals surface area (Å²) in [5, 5.41) is 0.804. The molecule has 2 aromatic rings. The van der Waals surface area contributed by atoms with E-state index in [1.165, 1.54) is 36.9 Å². The smallest absolute Gasteiger partial charge is 0.178 e. The van der Waals surface area contributed by atoms with Gasteiger partial charge in [0.1, 0.15) is 0 Å². The van der Waals surface area contributed by atoms with Crippen LogP contribution < -0.4 is 0 Å². The van der Waals surface area contributed by atoms with E-state index in [1.54, 1.807) is 0 Å². The van der Waals surface area contributed by atoms with Crippen molar-refractivity contribution in [2.75, 3.05) is 13.1 Å². The fourth-order valence-corrected chi connectivity index (χ4v) is 4.13. The van der Waals surface area contributed by atoms with Crippen molar-refractivity contribution < 1.29 is 0 Å². The summed E-state index contributed by atoms with van der Waals surface area (Å²) in [5.74, 6) is 0. The van der Waals surface area contributed by atoms with Gasteiger partial charge in [0.25, 0.3) is 0 Å². The van der Waals surface area contributed by atoms with Gasteiger partial charge in [-0.15, -0.1) is 0 Å². The van der Waals surface area contributed by atoms with Crippen LogP contribution in [0.25, 0.3) is 11.0 Å². The largest absolute Gasteiger partial charge is 0.331 e. The molecule has 5 heteroatoms. The second-order valence-corrected chi connectivity index (χ2v) is 6.34. The number of aromatic nitrogens is 2. The Kier molecular flexibility index (Phi) is 2.72. The van der Waals surface area contributed by atoms with E-state index in [2.05, 4.69) is 20.5 Å². The second-order valence-electron chi connectivity index (χ2n) is 5.52. The standard InChI is InChI=1S/C14H16ClN3S/c15-9-7-10-12-3-1-2-4-17(12)5-6-18-13(10)11(8-9)16-14(18)19/h7-8,12H,1-6H2,(H,16,19). The van der Waals surface area contributed by atoms with Crippen LogP contribution in [-0.2, 0) is 6.54 Å². The predicted octanol–water partition coefficient (Wildman–Crippen LogP) is 3.89. The van der Waals surface area contributed by atoms with Gasteiger partial charge in [-0.3, -0.25) is 4.90 Å². The van der Waals surface area contributed by atoms with Crippen molar-refractivity contribution >= 4 is 34.9 Å². The first-order chi connectivity index (χ1) is 9.24. The van der Waals surface area contributed by atoms with Crippen molar-refractivity contribution in [3.63, 3.8) is 0 Å². The monoisotopic (exact) mass is 293 g/mol. The molecule has 0 aliphatic carbocycles. The van der Waals surface area contributed by atoms with E-state index in [-0.39, 0.29) is 0 Å². The molecule has 0 amide bonds. The molecule has 3 heterocycles. The van der Waals surface area contributed by atoms with Gasteiger partial charge in [-0.2, -0.15) is 0 Å². The molecule has 0 spiro atoms. The predicted molar refractivity (Wildman–Crippen MR) is 80.3 cm³/mol. The lowest BCUT2D eigenvalue weighted by atomic mass is 9.95. The summed E-state index contributed by atoms with van der Waals surface area (Å²) in [6.45, 7) is 3.25. The number of piperidine rings is 1. The average molecular weight is 294 g/mol. The molecule has 1 unspecified atom stereocenters. The van der Waals surface area contributed by atoms with Crippen molar-refractivity contribution in [1.29, 1.82) is 0 Å². The fourth-order valence-electron chi connectivity index (χ4n) is 3.61. The summed E-state index contributed by atoms with van der Waals surface area (Å²) in [5.41, 5.74) is 3.70. The highest BCUT2D eigenvalue weighted by Gasteiger charge is 2.29. The minimum absolute atomic E-state index is 0.508. The topological polar surface area (TPSA) is 24.0 Å². The van der Waals surface area contributed by atoms with Crippen LogP contribution in [-0.4, -0.2) is 27.5 Å². The van der Waals surface area contributed by atoms with Crippen LogP contribution in [0.3, 0.4) is 0 Å². The van der Waals surface area contributed by atoms with E-state index in [0.717, 1.165) is 28.4 Å². The first-order valence-corrected chi connectivity index (χ1v) is 7.69. The lowest BCUT2D eigenvalue weighted by molar-refractivity contribution is 0.149. The van der Waals surface area contributed by atoms with Crippen LogP contribution in [0, 0.1) is 4.77 Å². The Labute approximate surface area is 122 Å². The van der Waals surface area contributed by atoms with Crippen LogP contribution in [0.4, 0.5) is 0 Å². The number of nitrogens with zero attached hydrogens (tertiary/aromatic N) is 2. The Morgan fingerprint density at radius 2 is 2.11 bits per heavy atom. The Bertz CT molecular complexity index is 703. The van der Waals surface area contributed by atoms with Gasteiger partial charge in [-0.05, 0) is 49.3 Å². The summed E-state index contributed by atoms with van der Waals surface area (Å²) < 4.78 is 3.06. The average Bonchev–Trinajstić information content (AvgIpc) is 2.61. The molecule has 1 fully saturated rings. The number of hydrogen-bond acceptors (Lipinski definition) is 2. The van der Waals surface area contributed by atoms with Crippen molar-refractivity contribution in [1.82, 2.24) is 14.5 Å². The van der Waals surface area contributed by atoms with E-state index in [4.69, 9.17) is 23.8 Å². The maximum Gasteiger partial charge on any atom is 0.178 e. The third-order valence-corrected chi connectivity index (χ3v) is 4.98. The molecule has 2 aliphatic heterocycles. The molecule has 1 saturated heterocycles. The van der Waals surface area contributed by atoms with Crippen LogP contribution in [0.2, 0.25) is 5.02 Å². The van der Waals surface area contributed by atoms with Crippen LogP contribution in [0.1, 0.15) is 30.9 Å². The zero-order valence-corrected chi connectivity index (χ0v) is 12.2. The number of benzene rings is 1. The molecule has 2 aliphatic rings. The van der Waals surface area contributed by atoms with Crippen molar-refractivity contribution in [2.24, 2.45) is 0 Å². The summed E-state index contributed by atoms with van der Waals surface area (Å²) in [6, 6.07) is 4.64. The van der Waals surface area contributed by atoms with E-state index in [1.807, 2.05) is 6.07 Å². The van der Waals surface area contributed by atoms with Crippen molar-refractivity contribution in [3.05, 3.63) is 27.5 Å². The van der Waals surface area contributed by atoms with E-state index in [0.29, 0.717) is 6.04 Å². The molecule has 0 saturated carbocycles. The van der Waals surface area contributed by atoms with Crippen molar-refractivity contribution in [3.8, 4) is 0 Å². The molecule has 4 rings (SSSR count). The molecular formula is C14H16ClN3S. The first kappa shape index (κ1) is 11.9. The number of hydrogen-bond donors (Lipinski definition) is 1. The van der Waals surface area contributed by atoms with Gasteiger partial charge in [-0.25, -0.2) is 0 Å². The molecule has 0 radical (unpaired) electrons. The first-order valence-electron chi connectivity index (χ1n) is 6.90. The number of fused-ring (bicyclic) bond motifs is 2. The van der Waals surface area contributed by atoms with Crippen LogP contribution >= 0.6 is 23.8 Å². The minimum Gasteiger partial charge on any atom is -0.331 e. The summed E-state index contributed by atoms with van der Waals surface area (Å²) in [7, 11) is 0. The normalized spacial score (nSPS) is 23.3. The Hall–Kier alpha value is -0.840. The molecular weight excluding hydrogens is 278 g/mol. The van der Waals surface area contributed by atoms with Gasteiger partial charge in [0, 0.05) is 24.2 Å². The Morgan fingerprint density at radius 1 is 1.21 bits per heavy atom. The number of rotatable bonds is 0. The quantitative estimate of drug-likeness (QED) is 0.745. The van der Waals surface area contributed by atoms with Gasteiger partial charge in [0.15, 0.2) is 4.77 Å². The highest BCUT2D eigenvalue weighted by molar-refractivity contribution is 7.71. The number of nitrogens with one attached hydrogen (secondary N) is 1. The van der Waals surface area contributed by atoms with Gasteiger partial charge in [0.05, 0.1) is 11.0 Å². The molecule has 19 heavy (non-hydrogen) atoms. The van der Waals surface area contributed by atoms with Gasteiger partial charge in [0.2, 0.25) is 0 Å². The fraction of sp³-hybridized carbons (Fsp3) is 0.500. The number of imidazole rings is 1. The highest BCUT2D eigenvalue weighted by atomic mass is 35.5. The molecule has 1 aromatic carbocycles. The van der Waals surface area contributed by atoms with E-state index in [9.17, 15) is 0 Å². The SMILES string of the molecule is S=c1[nH]c2cc(Cl)cc3c2n1CCN1CCCCC31. The van der Waals surface area contributed by atoms with Gasteiger partial charge in [-0.1, -0.05) is 18.0 Å². The van der Waals surface area contributed by atoms with Crippen molar-refractivity contribution in [2.45, 2.75) is 31.8 Å². The molecule has 100 valence electrons. The number of H-pyrrole nitrogens is 1. The lowest BCUT2D eigenvalue weighted by Gasteiger charge is -2.34. The number of aromatic amines is 1. The van der Waals surface area contributed by atoms with E-state index >= 15 is 0 Å². The molecule has 1 N–H and O–H groups in total. The Morgan fingerprint density at radius 3 is 3.00 bits per heavy atom. The van der Waals surface area contributed by atoms with Crippen LogP contribution in [0.15, 0.2) is 12.1 Å². The van der Waals surface area contributed by atoms with Crippen LogP contribution in [0.5, 0.6) is 0 Å². The van der Waals surface area contributed by atoms with Gasteiger partial charge < -0.3 is 9.55 Å². The third kappa shape index (κ3) is 1.77. The summed E-state index contributed by atoms with van der Waals surface area (Å²) >= 11 is 11.8. The molecule has 3 nitrogen and oxygen atoms in total. The van der Waals surface area contributed by atoms with E-state index < -0.39 is 0 Å². The summed E-state index contributed by atoms with van der Waals surface area (Å²) in [6.07, 6.45) is 3.84. The second kappa shape index (κ2) is 4.33. The molecule has 1 atom stereocenters. The minimum atomic E-state index is 0.508. The molecule has 0 bridgehead atoms. The lowest BCUT2D eigenvalue weighted by Crippen LogP contribution is -2.34.